The minimum Gasteiger partial charge on any atom is -0.398 e. The molecule has 104 valence electrons. The number of nitrogens with two attached hydrogens (primary N) is 1. The third-order valence-corrected chi connectivity index (χ3v) is 4.40. The van der Waals surface area contributed by atoms with E-state index < -0.39 is 10.0 Å². The lowest BCUT2D eigenvalue weighted by Gasteiger charge is -2.26. The summed E-state index contributed by atoms with van der Waals surface area (Å²) in [6.07, 6.45) is 0. The summed E-state index contributed by atoms with van der Waals surface area (Å²) in [7, 11) is -2.10. The van der Waals surface area contributed by atoms with Gasteiger partial charge in [-0.15, -0.1) is 0 Å². The van der Waals surface area contributed by atoms with E-state index in [0.29, 0.717) is 12.1 Å². The predicted molar refractivity (Wildman–Crippen MR) is 74.8 cm³/mol. The standard InChI is InChI=1S/C13H19N3O2S/c1-13(2,3)9-16(4)19(17,18)12-6-5-10(8-14)7-11(12)15/h5-7H,9,15H2,1-4H3. The largest absolute Gasteiger partial charge is 0.398 e. The highest BCUT2D eigenvalue weighted by Gasteiger charge is 2.26. The number of nitrogen functional groups attached to an aromatic ring is 1. The summed E-state index contributed by atoms with van der Waals surface area (Å²) >= 11 is 0. The smallest absolute Gasteiger partial charge is 0.244 e. The Kier molecular flexibility index (Phi) is 4.23. The summed E-state index contributed by atoms with van der Waals surface area (Å²) < 4.78 is 26.1. The molecule has 0 fully saturated rings. The van der Waals surface area contributed by atoms with Crippen LogP contribution < -0.4 is 5.73 Å². The van der Waals surface area contributed by atoms with Gasteiger partial charge in [-0.1, -0.05) is 20.8 Å². The molecule has 1 aromatic rings. The second-order valence-corrected chi connectivity index (χ2v) is 7.70. The summed E-state index contributed by atoms with van der Waals surface area (Å²) in [5.74, 6) is 0. The number of hydrogen-bond donors (Lipinski definition) is 1. The molecule has 0 saturated carbocycles. The van der Waals surface area contributed by atoms with Crippen molar-refractivity contribution in [3.05, 3.63) is 23.8 Å². The Labute approximate surface area is 114 Å². The van der Waals surface area contributed by atoms with E-state index in [1.807, 2.05) is 26.8 Å². The molecule has 0 spiro atoms. The van der Waals surface area contributed by atoms with Gasteiger partial charge in [-0.25, -0.2) is 12.7 Å². The number of hydrogen-bond acceptors (Lipinski definition) is 4. The number of rotatable bonds is 3. The average Bonchev–Trinajstić information content (AvgIpc) is 2.26. The zero-order valence-corrected chi connectivity index (χ0v) is 12.5. The number of anilines is 1. The molecule has 0 radical (unpaired) electrons. The van der Waals surface area contributed by atoms with Gasteiger partial charge in [0.1, 0.15) is 4.90 Å². The summed E-state index contributed by atoms with van der Waals surface area (Å²) in [5.41, 5.74) is 6.02. The van der Waals surface area contributed by atoms with Crippen LogP contribution in [0.2, 0.25) is 0 Å². The van der Waals surface area contributed by atoms with Crippen molar-refractivity contribution >= 4 is 15.7 Å². The van der Waals surface area contributed by atoms with Crippen LogP contribution in [0.15, 0.2) is 23.1 Å². The minimum absolute atomic E-state index is 0.0400. The molecule has 0 saturated heterocycles. The Morgan fingerprint density at radius 3 is 2.37 bits per heavy atom. The van der Waals surface area contributed by atoms with Crippen LogP contribution in [0.1, 0.15) is 26.3 Å². The first kappa shape index (κ1) is 15.5. The fourth-order valence-corrected chi connectivity index (χ4v) is 3.26. The maximum Gasteiger partial charge on any atom is 0.244 e. The van der Waals surface area contributed by atoms with Gasteiger partial charge in [0.2, 0.25) is 10.0 Å². The molecule has 0 aliphatic heterocycles. The molecule has 1 aromatic carbocycles. The Hall–Kier alpha value is -1.58. The van der Waals surface area contributed by atoms with Crippen LogP contribution in [0, 0.1) is 16.7 Å². The molecule has 0 unspecified atom stereocenters. The van der Waals surface area contributed by atoms with Gasteiger partial charge in [-0.3, -0.25) is 0 Å². The molecule has 19 heavy (non-hydrogen) atoms. The normalized spacial score (nSPS) is 12.4. The maximum atomic E-state index is 12.4. The molecule has 5 nitrogen and oxygen atoms in total. The number of sulfonamides is 1. The highest BCUT2D eigenvalue weighted by Crippen LogP contribution is 2.25. The lowest BCUT2D eigenvalue weighted by atomic mass is 9.97. The molecule has 2 N–H and O–H groups in total. The van der Waals surface area contributed by atoms with Crippen LogP contribution in [-0.4, -0.2) is 26.3 Å². The van der Waals surface area contributed by atoms with Gasteiger partial charge >= 0.3 is 0 Å². The van der Waals surface area contributed by atoms with Crippen LogP contribution in [0.4, 0.5) is 5.69 Å². The number of nitriles is 1. The molecular formula is C13H19N3O2S. The van der Waals surface area contributed by atoms with Gasteiger partial charge in [0.15, 0.2) is 0 Å². The van der Waals surface area contributed by atoms with E-state index in [0.717, 1.165) is 0 Å². The van der Waals surface area contributed by atoms with E-state index in [4.69, 9.17) is 11.0 Å². The Morgan fingerprint density at radius 1 is 1.37 bits per heavy atom. The molecule has 1 rings (SSSR count). The van der Waals surface area contributed by atoms with Gasteiger partial charge in [0.25, 0.3) is 0 Å². The minimum atomic E-state index is -3.63. The van der Waals surface area contributed by atoms with Gasteiger partial charge in [-0.05, 0) is 23.6 Å². The monoisotopic (exact) mass is 281 g/mol. The first-order valence-corrected chi connectivity index (χ1v) is 7.28. The van der Waals surface area contributed by atoms with Gasteiger partial charge in [0, 0.05) is 13.6 Å². The number of nitrogens with zero attached hydrogens (tertiary/aromatic N) is 2. The fourth-order valence-electron chi connectivity index (χ4n) is 1.77. The van der Waals surface area contributed by atoms with E-state index in [-0.39, 0.29) is 16.0 Å². The summed E-state index contributed by atoms with van der Waals surface area (Å²) in [5, 5.41) is 8.75. The highest BCUT2D eigenvalue weighted by molar-refractivity contribution is 7.89. The molecule has 0 heterocycles. The van der Waals surface area contributed by atoms with Crippen LogP contribution in [0.25, 0.3) is 0 Å². The van der Waals surface area contributed by atoms with E-state index >= 15 is 0 Å². The van der Waals surface area contributed by atoms with Gasteiger partial charge in [-0.2, -0.15) is 5.26 Å². The fraction of sp³-hybridized carbons (Fsp3) is 0.462. The molecule has 0 aliphatic rings. The lowest BCUT2D eigenvalue weighted by Crippen LogP contribution is -2.34. The van der Waals surface area contributed by atoms with Crippen LogP contribution in [0.3, 0.4) is 0 Å². The van der Waals surface area contributed by atoms with Crippen molar-refractivity contribution in [2.75, 3.05) is 19.3 Å². The van der Waals surface area contributed by atoms with Crippen molar-refractivity contribution in [1.82, 2.24) is 4.31 Å². The SMILES string of the molecule is CN(CC(C)(C)C)S(=O)(=O)c1ccc(C#N)cc1N. The third kappa shape index (κ3) is 3.69. The van der Waals surface area contributed by atoms with Crippen molar-refractivity contribution < 1.29 is 8.42 Å². The molecular weight excluding hydrogens is 262 g/mol. The molecule has 0 aliphatic carbocycles. The van der Waals surface area contributed by atoms with Crippen molar-refractivity contribution in [3.8, 4) is 6.07 Å². The number of benzene rings is 1. The van der Waals surface area contributed by atoms with Crippen LogP contribution in [0.5, 0.6) is 0 Å². The summed E-state index contributed by atoms with van der Waals surface area (Å²) in [6, 6.07) is 6.13. The van der Waals surface area contributed by atoms with E-state index in [2.05, 4.69) is 0 Å². The van der Waals surface area contributed by atoms with Gasteiger partial charge < -0.3 is 5.73 Å². The highest BCUT2D eigenvalue weighted by atomic mass is 32.2. The molecule has 6 heteroatoms. The van der Waals surface area contributed by atoms with E-state index in [1.165, 1.54) is 29.6 Å². The summed E-state index contributed by atoms with van der Waals surface area (Å²) in [4.78, 5) is 0.0400. The average molecular weight is 281 g/mol. The Bertz CT molecular complexity index is 610. The zero-order chi connectivity index (χ0) is 14.8. The topological polar surface area (TPSA) is 87.2 Å². The molecule has 0 amide bonds. The Balaban J connectivity index is 3.18. The van der Waals surface area contributed by atoms with Gasteiger partial charge in [0.05, 0.1) is 17.3 Å². The third-order valence-electron chi connectivity index (χ3n) is 2.52. The van der Waals surface area contributed by atoms with Crippen LogP contribution >= 0.6 is 0 Å². The second-order valence-electron chi connectivity index (χ2n) is 5.69. The molecule has 0 aromatic heterocycles. The first-order valence-electron chi connectivity index (χ1n) is 5.84. The Morgan fingerprint density at radius 2 is 1.95 bits per heavy atom. The predicted octanol–water partition coefficient (Wildman–Crippen LogP) is 1.81. The van der Waals surface area contributed by atoms with Crippen molar-refractivity contribution in [1.29, 1.82) is 5.26 Å². The van der Waals surface area contributed by atoms with Crippen molar-refractivity contribution in [2.45, 2.75) is 25.7 Å². The molecule has 0 atom stereocenters. The lowest BCUT2D eigenvalue weighted by molar-refractivity contribution is 0.311. The first-order chi connectivity index (χ1) is 8.58. The van der Waals surface area contributed by atoms with Crippen molar-refractivity contribution in [2.24, 2.45) is 5.41 Å². The second kappa shape index (κ2) is 5.19. The maximum absolute atomic E-state index is 12.4. The van der Waals surface area contributed by atoms with Crippen molar-refractivity contribution in [3.63, 3.8) is 0 Å². The summed E-state index contributed by atoms with van der Waals surface area (Å²) in [6.45, 7) is 6.26. The van der Waals surface area contributed by atoms with E-state index in [9.17, 15) is 8.42 Å². The van der Waals surface area contributed by atoms with Crippen LogP contribution in [-0.2, 0) is 10.0 Å². The quantitative estimate of drug-likeness (QED) is 0.856. The van der Waals surface area contributed by atoms with E-state index in [1.54, 1.807) is 0 Å². The molecule has 0 bridgehead atoms. The zero-order valence-electron chi connectivity index (χ0n) is 11.6.